The van der Waals surface area contributed by atoms with Crippen LogP contribution in [-0.2, 0) is 0 Å². The van der Waals surface area contributed by atoms with E-state index < -0.39 is 0 Å². The van der Waals surface area contributed by atoms with Crippen LogP contribution in [0.4, 0.5) is 11.4 Å². The number of para-hydroxylation sites is 1. The first-order chi connectivity index (χ1) is 16.0. The number of rotatable bonds is 2. The van der Waals surface area contributed by atoms with Gasteiger partial charge >= 0.3 is 0 Å². The van der Waals surface area contributed by atoms with Crippen molar-refractivity contribution in [2.24, 2.45) is 5.10 Å². The van der Waals surface area contributed by atoms with Gasteiger partial charge in [0.2, 0.25) is 0 Å². The zero-order chi connectivity index (χ0) is 22.7. The molecule has 0 amide bonds. The maximum Gasteiger partial charge on any atom is 0.0991 e. The van der Waals surface area contributed by atoms with Gasteiger partial charge in [0.25, 0.3) is 0 Å². The summed E-state index contributed by atoms with van der Waals surface area (Å²) in [6.07, 6.45) is 0. The van der Waals surface area contributed by atoms with E-state index in [1.54, 1.807) is 0 Å². The lowest BCUT2D eigenvalue weighted by Crippen LogP contribution is -2.21. The third kappa shape index (κ3) is 2.98. The third-order valence-electron chi connectivity index (χ3n) is 7.06. The van der Waals surface area contributed by atoms with Gasteiger partial charge in [0.1, 0.15) is 0 Å². The quantitative estimate of drug-likeness (QED) is 0.260. The van der Waals surface area contributed by atoms with Crippen molar-refractivity contribution < 1.29 is 0 Å². The molecule has 0 saturated heterocycles. The molecule has 0 spiro atoms. The number of nitrogens with zero attached hydrogens (tertiary/aromatic N) is 2. The molecule has 0 aliphatic carbocycles. The minimum absolute atomic E-state index is 1.02. The van der Waals surface area contributed by atoms with Crippen LogP contribution in [-0.4, -0.2) is 5.71 Å². The molecule has 6 rings (SSSR count). The molecule has 0 saturated carbocycles. The fourth-order valence-electron chi connectivity index (χ4n) is 5.05. The molecule has 1 heterocycles. The average molecular weight is 427 g/mol. The first kappa shape index (κ1) is 19.8. The molecule has 1 aliphatic heterocycles. The van der Waals surface area contributed by atoms with Gasteiger partial charge in [-0.1, -0.05) is 60.7 Å². The number of benzene rings is 5. The first-order valence-electron chi connectivity index (χ1n) is 11.5. The van der Waals surface area contributed by atoms with Crippen LogP contribution >= 0.6 is 0 Å². The second-order valence-electron chi connectivity index (χ2n) is 9.13. The summed E-state index contributed by atoms with van der Waals surface area (Å²) in [5, 5.41) is 12.6. The lowest BCUT2D eigenvalue weighted by atomic mass is 9.86. The Kier molecular flexibility index (Phi) is 4.38. The van der Waals surface area contributed by atoms with E-state index in [-0.39, 0.29) is 0 Å². The van der Waals surface area contributed by atoms with Crippen LogP contribution in [0.3, 0.4) is 0 Å². The van der Waals surface area contributed by atoms with Gasteiger partial charge in [-0.05, 0) is 90.4 Å². The lowest BCUT2D eigenvalue weighted by Gasteiger charge is -2.30. The van der Waals surface area contributed by atoms with E-state index in [4.69, 9.17) is 5.10 Å². The summed E-state index contributed by atoms with van der Waals surface area (Å²) in [6.45, 7) is 8.88. The van der Waals surface area contributed by atoms with Crippen LogP contribution in [0.15, 0.2) is 90.0 Å². The molecule has 5 aromatic carbocycles. The fraction of sp³-hybridized carbons (Fsp3) is 0.129. The van der Waals surface area contributed by atoms with Crippen molar-refractivity contribution >= 4 is 38.6 Å². The van der Waals surface area contributed by atoms with Crippen molar-refractivity contribution in [3.05, 3.63) is 118 Å². The molecule has 0 fully saturated rings. The SMILES string of the molecule is Cc1cc2cc3c4c(cc(C)c(C)c4c2cc1C)C(c1ccccc1)=NN3c1ccccc1. The third-order valence-corrected chi connectivity index (χ3v) is 7.06. The van der Waals surface area contributed by atoms with Crippen LogP contribution in [0.2, 0.25) is 0 Å². The van der Waals surface area contributed by atoms with Crippen LogP contribution in [0.25, 0.3) is 21.5 Å². The maximum absolute atomic E-state index is 5.26. The Morgan fingerprint density at radius 1 is 0.636 bits per heavy atom. The smallest absolute Gasteiger partial charge is 0.0991 e. The Bertz CT molecular complexity index is 1580. The Hall–Kier alpha value is -3.91. The monoisotopic (exact) mass is 426 g/mol. The van der Waals surface area contributed by atoms with E-state index >= 15 is 0 Å². The van der Waals surface area contributed by atoms with E-state index in [0.717, 1.165) is 22.6 Å². The summed E-state index contributed by atoms with van der Waals surface area (Å²) in [6, 6.07) is 30.3. The molecule has 33 heavy (non-hydrogen) atoms. The van der Waals surface area contributed by atoms with Gasteiger partial charge in [0.05, 0.1) is 17.1 Å². The normalized spacial score (nSPS) is 13.0. The number of hydrogen-bond donors (Lipinski definition) is 0. The Labute approximate surface area is 194 Å². The van der Waals surface area contributed by atoms with Crippen molar-refractivity contribution in [3.63, 3.8) is 0 Å². The number of hydrazone groups is 1. The van der Waals surface area contributed by atoms with Gasteiger partial charge in [-0.15, -0.1) is 0 Å². The van der Waals surface area contributed by atoms with Gasteiger partial charge in [-0.2, -0.15) is 5.10 Å². The second kappa shape index (κ2) is 7.31. The summed E-state index contributed by atoms with van der Waals surface area (Å²) >= 11 is 0. The summed E-state index contributed by atoms with van der Waals surface area (Å²) in [5.41, 5.74) is 10.8. The molecule has 0 radical (unpaired) electrons. The molecule has 2 nitrogen and oxygen atoms in total. The summed E-state index contributed by atoms with van der Waals surface area (Å²) in [5.74, 6) is 0. The molecule has 160 valence electrons. The Morgan fingerprint density at radius 2 is 1.30 bits per heavy atom. The molecule has 0 atom stereocenters. The predicted octanol–water partition coefficient (Wildman–Crippen LogP) is 8.13. The van der Waals surface area contributed by atoms with Crippen LogP contribution in [0.5, 0.6) is 0 Å². The van der Waals surface area contributed by atoms with E-state index in [2.05, 4.69) is 118 Å². The average Bonchev–Trinajstić information content (AvgIpc) is 2.84. The van der Waals surface area contributed by atoms with Gasteiger partial charge in [-0.25, -0.2) is 5.01 Å². The number of anilines is 2. The first-order valence-corrected chi connectivity index (χ1v) is 11.5. The van der Waals surface area contributed by atoms with Gasteiger partial charge < -0.3 is 0 Å². The molecule has 0 aromatic heterocycles. The zero-order valence-corrected chi connectivity index (χ0v) is 19.5. The lowest BCUT2D eigenvalue weighted by molar-refractivity contribution is 1.08. The van der Waals surface area contributed by atoms with Crippen LogP contribution in [0.1, 0.15) is 33.4 Å². The van der Waals surface area contributed by atoms with Gasteiger partial charge in [0, 0.05) is 16.5 Å². The highest BCUT2D eigenvalue weighted by Gasteiger charge is 2.27. The highest BCUT2D eigenvalue weighted by molar-refractivity contribution is 6.28. The maximum atomic E-state index is 5.26. The molecular formula is C31H26N2. The second-order valence-corrected chi connectivity index (χ2v) is 9.13. The zero-order valence-electron chi connectivity index (χ0n) is 19.5. The van der Waals surface area contributed by atoms with E-state index in [1.165, 1.54) is 49.4 Å². The topological polar surface area (TPSA) is 15.6 Å². The summed E-state index contributed by atoms with van der Waals surface area (Å²) < 4.78 is 0. The summed E-state index contributed by atoms with van der Waals surface area (Å²) in [4.78, 5) is 0. The van der Waals surface area contributed by atoms with Crippen molar-refractivity contribution in [2.45, 2.75) is 27.7 Å². The standard InChI is InChI=1S/C31H26N2/c1-19-15-24-18-28-30-27(17-21(3)22(4)29(30)26(24)16-20(19)2)31(23-11-7-5-8-12-23)32-33(28)25-13-9-6-10-14-25/h5-18H,1-4H3. The van der Waals surface area contributed by atoms with Gasteiger partial charge in [0.15, 0.2) is 0 Å². The molecule has 0 bridgehead atoms. The van der Waals surface area contributed by atoms with Crippen LogP contribution in [0, 0.1) is 27.7 Å². The Morgan fingerprint density at radius 3 is 2.03 bits per heavy atom. The Balaban J connectivity index is 1.81. The van der Waals surface area contributed by atoms with Crippen molar-refractivity contribution in [1.82, 2.24) is 0 Å². The van der Waals surface area contributed by atoms with Gasteiger partial charge in [-0.3, -0.25) is 0 Å². The highest BCUT2D eigenvalue weighted by atomic mass is 15.5. The largest absolute Gasteiger partial charge is 0.232 e. The molecule has 5 aromatic rings. The van der Waals surface area contributed by atoms with Crippen molar-refractivity contribution in [3.8, 4) is 0 Å². The summed E-state index contributed by atoms with van der Waals surface area (Å²) in [7, 11) is 0. The van der Waals surface area contributed by atoms with Crippen molar-refractivity contribution in [1.29, 1.82) is 0 Å². The molecular weight excluding hydrogens is 400 g/mol. The number of fused-ring (bicyclic) bond motifs is 2. The van der Waals surface area contributed by atoms with E-state index in [0.29, 0.717) is 0 Å². The van der Waals surface area contributed by atoms with Crippen LogP contribution < -0.4 is 5.01 Å². The predicted molar refractivity (Wildman–Crippen MR) is 141 cm³/mol. The molecule has 1 aliphatic rings. The minimum atomic E-state index is 1.02. The number of aryl methyl sites for hydroxylation is 4. The highest BCUT2D eigenvalue weighted by Crippen LogP contribution is 2.45. The molecule has 2 heteroatoms. The van der Waals surface area contributed by atoms with E-state index in [9.17, 15) is 0 Å². The van der Waals surface area contributed by atoms with Crippen molar-refractivity contribution in [2.75, 3.05) is 5.01 Å². The number of hydrogen-bond acceptors (Lipinski definition) is 2. The fourth-order valence-corrected chi connectivity index (χ4v) is 5.05. The molecule has 0 N–H and O–H groups in total. The minimum Gasteiger partial charge on any atom is -0.232 e. The molecule has 0 unspecified atom stereocenters. The van der Waals surface area contributed by atoms with E-state index in [1.807, 2.05) is 0 Å².